The third-order valence-electron chi connectivity index (χ3n) is 5.92. The van der Waals surface area contributed by atoms with Gasteiger partial charge in [0.15, 0.2) is 17.6 Å². The molecule has 156 valence electrons. The molecule has 0 aliphatic carbocycles. The van der Waals surface area contributed by atoms with Crippen molar-refractivity contribution in [3.63, 3.8) is 0 Å². The Bertz CT molecular complexity index is 1390. The Labute approximate surface area is 175 Å². The summed E-state index contributed by atoms with van der Waals surface area (Å²) in [6, 6.07) is 5.35. The number of rotatable bonds is 2. The van der Waals surface area contributed by atoms with Gasteiger partial charge in [-0.15, -0.1) is 0 Å². The van der Waals surface area contributed by atoms with Crippen LogP contribution in [0.5, 0.6) is 11.5 Å². The molecular weight excluding hydrogens is 402 g/mol. The number of hydrogen-bond acceptors (Lipinski definition) is 8. The van der Waals surface area contributed by atoms with Crippen LogP contribution in [0, 0.1) is 0 Å². The van der Waals surface area contributed by atoms with Gasteiger partial charge in [0.1, 0.15) is 6.61 Å². The lowest BCUT2D eigenvalue weighted by molar-refractivity contribution is -0.157. The van der Waals surface area contributed by atoms with Crippen molar-refractivity contribution in [2.45, 2.75) is 19.3 Å². The van der Waals surface area contributed by atoms with Gasteiger partial charge in [-0.1, -0.05) is 12.2 Å². The zero-order valence-electron chi connectivity index (χ0n) is 16.3. The lowest BCUT2D eigenvalue weighted by Gasteiger charge is -2.21. The molecule has 2 aromatic heterocycles. The molecule has 0 bridgehead atoms. The molecule has 9 heteroatoms. The molecule has 5 heterocycles. The third-order valence-corrected chi connectivity index (χ3v) is 5.92. The minimum Gasteiger partial charge on any atom is -0.458 e. The van der Waals surface area contributed by atoms with E-state index in [1.807, 2.05) is 24.3 Å². The Hall–Kier alpha value is -3.69. The van der Waals surface area contributed by atoms with Gasteiger partial charge in [-0.05, 0) is 17.7 Å². The second kappa shape index (κ2) is 6.40. The van der Waals surface area contributed by atoms with Crippen LogP contribution in [0.4, 0.5) is 0 Å². The van der Waals surface area contributed by atoms with Gasteiger partial charge in [0, 0.05) is 29.1 Å². The molecule has 3 N–H and O–H groups in total. The Morgan fingerprint density at radius 3 is 2.77 bits per heavy atom. The number of aliphatic hydroxyl groups excluding tert-OH is 1. The van der Waals surface area contributed by atoms with E-state index in [1.165, 1.54) is 0 Å². The fourth-order valence-corrected chi connectivity index (χ4v) is 4.42. The molecule has 0 saturated heterocycles. The second-order valence-electron chi connectivity index (χ2n) is 7.58. The molecular formula is C22H17N3O6. The number of pyridine rings is 2. The standard InChI is InChI=1S/C22H17N3O6/c23-3-1-2-10-11-5-17-18(31-9-30-17)6-15(11)24-19-13(10)7-25-16(19)4-12-14(21(25)27)8-29-22(28)20(12)26/h1-2,4-6,20,26H,3,7-9,23H2/b2-1+/t20-/m0/s1. The zero-order chi connectivity index (χ0) is 21.3. The molecule has 0 radical (unpaired) electrons. The topological polar surface area (TPSA) is 126 Å². The normalized spacial score (nSPS) is 18.3. The highest BCUT2D eigenvalue weighted by Crippen LogP contribution is 2.42. The van der Waals surface area contributed by atoms with Crippen molar-refractivity contribution in [2.24, 2.45) is 5.73 Å². The maximum absolute atomic E-state index is 13.2. The summed E-state index contributed by atoms with van der Waals surface area (Å²) in [5, 5.41) is 11.1. The molecule has 1 atom stereocenters. The predicted molar refractivity (Wildman–Crippen MR) is 110 cm³/mol. The molecule has 6 rings (SSSR count). The van der Waals surface area contributed by atoms with Crippen LogP contribution in [-0.4, -0.2) is 34.0 Å². The summed E-state index contributed by atoms with van der Waals surface area (Å²) < 4.78 is 17.6. The van der Waals surface area contributed by atoms with E-state index in [1.54, 1.807) is 10.6 Å². The number of fused-ring (bicyclic) bond motifs is 6. The summed E-state index contributed by atoms with van der Waals surface area (Å²) in [6.07, 6.45) is 2.27. The highest BCUT2D eigenvalue weighted by molar-refractivity contribution is 5.95. The van der Waals surface area contributed by atoms with Crippen molar-refractivity contribution >= 4 is 22.9 Å². The Morgan fingerprint density at radius 1 is 1.16 bits per heavy atom. The number of carbonyl (C=O) groups excluding carboxylic acids is 1. The van der Waals surface area contributed by atoms with Crippen LogP contribution >= 0.6 is 0 Å². The van der Waals surface area contributed by atoms with Gasteiger partial charge < -0.3 is 29.6 Å². The molecule has 0 amide bonds. The molecule has 9 nitrogen and oxygen atoms in total. The predicted octanol–water partition coefficient (Wildman–Crippen LogP) is 1.22. The molecule has 0 saturated carbocycles. The van der Waals surface area contributed by atoms with Crippen LogP contribution in [0.15, 0.2) is 29.1 Å². The Kier molecular flexibility index (Phi) is 3.74. The van der Waals surface area contributed by atoms with Gasteiger partial charge in [0.05, 0.1) is 29.0 Å². The average molecular weight is 419 g/mol. The monoisotopic (exact) mass is 419 g/mol. The van der Waals surface area contributed by atoms with E-state index < -0.39 is 12.1 Å². The SMILES string of the molecule is NC/C=C/c1c2c(nc3cc4c(cc13)OCO4)-c1cc3c(c(=O)n1C2)COC(=O)[C@H]3O. The number of cyclic esters (lactones) is 1. The van der Waals surface area contributed by atoms with Crippen LogP contribution < -0.4 is 20.8 Å². The van der Waals surface area contributed by atoms with Crippen LogP contribution in [0.1, 0.15) is 28.4 Å². The number of aliphatic hydroxyl groups is 1. The van der Waals surface area contributed by atoms with Crippen LogP contribution in [0.2, 0.25) is 0 Å². The van der Waals surface area contributed by atoms with Crippen molar-refractivity contribution in [3.8, 4) is 22.9 Å². The first-order valence-electron chi connectivity index (χ1n) is 9.81. The van der Waals surface area contributed by atoms with Gasteiger partial charge in [0.2, 0.25) is 6.79 Å². The van der Waals surface area contributed by atoms with Crippen molar-refractivity contribution in [1.29, 1.82) is 0 Å². The molecule has 0 unspecified atom stereocenters. The molecule has 3 aliphatic rings. The number of benzene rings is 1. The van der Waals surface area contributed by atoms with Gasteiger partial charge in [-0.25, -0.2) is 9.78 Å². The van der Waals surface area contributed by atoms with E-state index in [9.17, 15) is 14.7 Å². The number of esters is 1. The van der Waals surface area contributed by atoms with Crippen molar-refractivity contribution in [3.05, 3.63) is 56.9 Å². The molecule has 0 spiro atoms. The number of carbonyl (C=O) groups is 1. The average Bonchev–Trinajstić information content (AvgIpc) is 3.37. The van der Waals surface area contributed by atoms with Crippen LogP contribution in [0.25, 0.3) is 28.4 Å². The van der Waals surface area contributed by atoms with E-state index in [-0.39, 0.29) is 30.1 Å². The van der Waals surface area contributed by atoms with Gasteiger partial charge >= 0.3 is 5.97 Å². The summed E-state index contributed by atoms with van der Waals surface area (Å²) in [6.45, 7) is 0.660. The molecule has 0 fully saturated rings. The van der Waals surface area contributed by atoms with Crippen molar-refractivity contribution in [2.75, 3.05) is 13.3 Å². The second-order valence-corrected chi connectivity index (χ2v) is 7.58. The number of hydrogen-bond donors (Lipinski definition) is 2. The Morgan fingerprint density at radius 2 is 1.97 bits per heavy atom. The van der Waals surface area contributed by atoms with E-state index in [2.05, 4.69) is 0 Å². The van der Waals surface area contributed by atoms with Crippen LogP contribution in [0.3, 0.4) is 0 Å². The van der Waals surface area contributed by atoms with Gasteiger partial charge in [-0.2, -0.15) is 0 Å². The first-order chi connectivity index (χ1) is 15.1. The number of nitrogens with zero attached hydrogens (tertiary/aromatic N) is 2. The van der Waals surface area contributed by atoms with E-state index in [4.69, 9.17) is 24.9 Å². The van der Waals surface area contributed by atoms with E-state index >= 15 is 0 Å². The highest BCUT2D eigenvalue weighted by atomic mass is 16.7. The van der Waals surface area contributed by atoms with Crippen LogP contribution in [-0.2, 0) is 22.7 Å². The van der Waals surface area contributed by atoms with Crippen molar-refractivity contribution < 1.29 is 24.1 Å². The first-order valence-corrected chi connectivity index (χ1v) is 9.81. The number of nitrogens with two attached hydrogens (primary N) is 1. The lowest BCUT2D eigenvalue weighted by atomic mass is 9.98. The summed E-state index contributed by atoms with van der Waals surface area (Å²) in [5.74, 6) is 0.479. The smallest absolute Gasteiger partial charge is 0.340 e. The molecule has 31 heavy (non-hydrogen) atoms. The maximum Gasteiger partial charge on any atom is 0.340 e. The largest absolute Gasteiger partial charge is 0.458 e. The van der Waals surface area contributed by atoms with Crippen molar-refractivity contribution in [1.82, 2.24) is 9.55 Å². The number of aromatic nitrogens is 2. The first kappa shape index (κ1) is 18.1. The quantitative estimate of drug-likeness (QED) is 0.465. The summed E-state index contributed by atoms with van der Waals surface area (Å²) in [4.78, 5) is 29.8. The molecule has 3 aromatic rings. The van der Waals surface area contributed by atoms with Gasteiger partial charge in [0.25, 0.3) is 5.56 Å². The maximum atomic E-state index is 13.2. The summed E-state index contributed by atoms with van der Waals surface area (Å²) in [7, 11) is 0. The zero-order valence-corrected chi connectivity index (χ0v) is 16.3. The third kappa shape index (κ3) is 2.47. The lowest BCUT2D eigenvalue weighted by Crippen LogP contribution is -2.32. The molecule has 3 aliphatic heterocycles. The minimum atomic E-state index is -1.49. The van der Waals surface area contributed by atoms with E-state index in [0.29, 0.717) is 41.5 Å². The van der Waals surface area contributed by atoms with Gasteiger partial charge in [-0.3, -0.25) is 4.79 Å². The Balaban J connectivity index is 1.65. The number of ether oxygens (including phenoxy) is 3. The fourth-order valence-electron chi connectivity index (χ4n) is 4.42. The fraction of sp³-hybridized carbons (Fsp3) is 0.227. The van der Waals surface area contributed by atoms with E-state index in [0.717, 1.165) is 16.5 Å². The summed E-state index contributed by atoms with van der Waals surface area (Å²) in [5.41, 5.74) is 9.55. The minimum absolute atomic E-state index is 0.150. The summed E-state index contributed by atoms with van der Waals surface area (Å²) >= 11 is 0. The molecule has 1 aromatic carbocycles. The highest BCUT2D eigenvalue weighted by Gasteiger charge is 2.34.